The molecule has 0 aliphatic carbocycles. The summed E-state index contributed by atoms with van der Waals surface area (Å²) >= 11 is 20.2. The fourth-order valence-electron chi connectivity index (χ4n) is 12.0. The number of hydrogen-bond donors (Lipinski definition) is 5. The van der Waals surface area contributed by atoms with Gasteiger partial charge in [-0.05, 0) is 123 Å². The molecule has 526 valence electrons. The van der Waals surface area contributed by atoms with Crippen LogP contribution in [0.3, 0.4) is 0 Å². The zero-order valence-electron chi connectivity index (χ0n) is 56.9. The molecule has 0 unspecified atom stereocenters. The Hall–Kier alpha value is -14.8. The summed E-state index contributed by atoms with van der Waals surface area (Å²) < 4.78 is 7.22. The Labute approximate surface area is 631 Å². The van der Waals surface area contributed by atoms with E-state index >= 15 is 0 Å². The minimum absolute atomic E-state index is 0.106. The molecular weight excluding hydrogens is 1470 g/mol. The topological polar surface area (TPSA) is 339 Å². The molecule has 16 heterocycles. The second kappa shape index (κ2) is 29.0. The van der Waals surface area contributed by atoms with Gasteiger partial charge in [0.15, 0.2) is 45.0 Å². The summed E-state index contributed by atoms with van der Waals surface area (Å²) in [4.78, 5) is 106. The molecule has 29 nitrogen and oxygen atoms in total. The van der Waals surface area contributed by atoms with Gasteiger partial charge in [0.2, 0.25) is 22.7 Å². The summed E-state index contributed by atoms with van der Waals surface area (Å²) in [6.07, 6.45) is 17.3. The molecule has 16 aromatic heterocycles. The fourth-order valence-corrected chi connectivity index (χ4v) is 13.5. The highest BCUT2D eigenvalue weighted by molar-refractivity contribution is 7.16. The molecular formula is C76H46Cl3N25O4S. The summed E-state index contributed by atoms with van der Waals surface area (Å²) in [6, 6.07) is 29.7. The molecule has 0 aliphatic rings. The number of rotatable bonds is 8. The van der Waals surface area contributed by atoms with E-state index in [1.54, 1.807) is 137 Å². The highest BCUT2D eigenvalue weighted by Gasteiger charge is 2.22. The van der Waals surface area contributed by atoms with E-state index in [0.29, 0.717) is 134 Å². The first-order chi connectivity index (χ1) is 52.8. The normalized spacial score (nSPS) is 11.0. The first-order valence-electron chi connectivity index (χ1n) is 32.4. The largest absolute Gasteiger partial charge is 0.346 e. The second-order valence-corrected chi connectivity index (χ2v) is 26.2. The molecule has 0 spiro atoms. The third-order valence-corrected chi connectivity index (χ3v) is 18.5. The van der Waals surface area contributed by atoms with Gasteiger partial charge in [-0.15, -0.1) is 11.3 Å². The van der Waals surface area contributed by atoms with E-state index in [-0.39, 0.29) is 21.7 Å². The van der Waals surface area contributed by atoms with Gasteiger partial charge in [0, 0.05) is 113 Å². The SMILES string of the molecule is [C-]#[N+]c1cn(-c2nc3[nH]ccc(=O)c3cc2-c2cc(C)nc(Cl)c2)nc1C.[C-]#[N+]c1cn(-c2nc3[nH]ccc(=O)c3cc2-c2cc(Cl)c3[nH]ncc3c2)nc1C.[C-]#[N+]c1cnn(-c2nc3[nH]ccc(=O)c3cc2-c2cc(C)nc(Cl)c2)c1.[C-]#[N+]c1cnn(-c2nc3[nH]ccc(=O)c3cc2-c2ccc3ncsc3c2)c1. The van der Waals surface area contributed by atoms with Crippen molar-refractivity contribution >= 4 is 134 Å². The number of thiazole rings is 1. The van der Waals surface area contributed by atoms with Gasteiger partial charge < -0.3 is 19.9 Å². The monoisotopic (exact) mass is 1510 g/mol. The molecule has 0 saturated heterocycles. The van der Waals surface area contributed by atoms with Crippen LogP contribution in [0.1, 0.15) is 22.8 Å². The quantitative estimate of drug-likeness (QED) is 0.0697. The molecule has 0 fully saturated rings. The fraction of sp³-hybridized carbons (Fsp3) is 0.0526. The maximum absolute atomic E-state index is 12.4. The minimum Gasteiger partial charge on any atom is -0.346 e. The van der Waals surface area contributed by atoms with E-state index in [0.717, 1.165) is 60.3 Å². The van der Waals surface area contributed by atoms with E-state index in [2.05, 4.69) is 105 Å². The average molecular weight is 1510 g/mol. The summed E-state index contributed by atoms with van der Waals surface area (Å²) in [5.74, 6) is 2.00. The molecule has 5 N–H and O–H groups in total. The Morgan fingerprint density at radius 3 is 1.24 bits per heavy atom. The lowest BCUT2D eigenvalue weighted by Gasteiger charge is -2.12. The Bertz CT molecular complexity index is 7150. The zero-order chi connectivity index (χ0) is 75.9. The smallest absolute Gasteiger partial charge is 0.227 e. The summed E-state index contributed by atoms with van der Waals surface area (Å²) in [5.41, 5.74) is 15.0. The van der Waals surface area contributed by atoms with Crippen molar-refractivity contribution in [2.24, 2.45) is 0 Å². The maximum atomic E-state index is 12.4. The van der Waals surface area contributed by atoms with Crippen molar-refractivity contribution in [2.45, 2.75) is 27.7 Å². The number of nitrogens with zero attached hydrogens (tertiary/aromatic N) is 20. The van der Waals surface area contributed by atoms with Gasteiger partial charge in [-0.2, -0.15) is 25.5 Å². The third kappa shape index (κ3) is 13.9. The van der Waals surface area contributed by atoms with Gasteiger partial charge in [0.1, 0.15) is 32.9 Å². The van der Waals surface area contributed by atoms with Crippen LogP contribution in [-0.4, -0.2) is 104 Å². The lowest BCUT2D eigenvalue weighted by molar-refractivity contribution is 0.837. The molecule has 0 aliphatic heterocycles. The van der Waals surface area contributed by atoms with Gasteiger partial charge in [-0.3, -0.25) is 24.3 Å². The molecule has 0 saturated carbocycles. The summed E-state index contributed by atoms with van der Waals surface area (Å²) in [6.45, 7) is 36.1. The van der Waals surface area contributed by atoms with Crippen LogP contribution in [0.25, 0.3) is 152 Å². The summed E-state index contributed by atoms with van der Waals surface area (Å²) in [5, 5.41) is 28.1. The Morgan fingerprint density at radius 1 is 0.431 bits per heavy atom. The molecule has 18 rings (SSSR count). The third-order valence-electron chi connectivity index (χ3n) is 17.1. The van der Waals surface area contributed by atoms with Gasteiger partial charge in [0.25, 0.3) is 0 Å². The van der Waals surface area contributed by atoms with Crippen LogP contribution in [0.2, 0.25) is 15.3 Å². The van der Waals surface area contributed by atoms with Crippen LogP contribution < -0.4 is 21.7 Å². The van der Waals surface area contributed by atoms with E-state index in [4.69, 9.17) is 61.1 Å². The van der Waals surface area contributed by atoms with Crippen molar-refractivity contribution in [3.63, 3.8) is 0 Å². The van der Waals surface area contributed by atoms with Gasteiger partial charge in [-0.1, -0.05) is 40.9 Å². The van der Waals surface area contributed by atoms with Crippen LogP contribution >= 0.6 is 46.1 Å². The van der Waals surface area contributed by atoms with Crippen LogP contribution in [0.15, 0.2) is 196 Å². The Morgan fingerprint density at radius 2 is 0.844 bits per heavy atom. The first-order valence-corrected chi connectivity index (χ1v) is 34.4. The van der Waals surface area contributed by atoms with E-state index in [1.165, 1.54) is 41.3 Å². The number of hydrogen-bond acceptors (Lipinski definition) is 17. The lowest BCUT2D eigenvalue weighted by atomic mass is 10.0. The Balaban J connectivity index is 0.000000116. The van der Waals surface area contributed by atoms with Crippen LogP contribution in [0, 0.1) is 54.0 Å². The molecule has 18 aromatic rings. The molecule has 2 aromatic carbocycles. The number of aryl methyl sites for hydroxylation is 4. The van der Waals surface area contributed by atoms with Crippen molar-refractivity contribution in [1.82, 2.24) is 104 Å². The van der Waals surface area contributed by atoms with Crippen molar-refractivity contribution in [3.05, 3.63) is 301 Å². The number of nitrogens with one attached hydrogen (secondary N) is 5. The number of aromatic amines is 5. The molecule has 0 radical (unpaired) electrons. The second-order valence-electron chi connectivity index (χ2n) is 24.2. The highest BCUT2D eigenvalue weighted by atomic mass is 35.5. The molecule has 109 heavy (non-hydrogen) atoms. The minimum atomic E-state index is -0.145. The average Bonchev–Trinajstić information content (AvgIpc) is 1.76. The van der Waals surface area contributed by atoms with Crippen molar-refractivity contribution in [2.75, 3.05) is 0 Å². The number of pyridine rings is 10. The number of halogens is 3. The predicted molar refractivity (Wildman–Crippen MR) is 417 cm³/mol. The van der Waals surface area contributed by atoms with Gasteiger partial charge in [-0.25, -0.2) is 73.0 Å². The van der Waals surface area contributed by atoms with Crippen molar-refractivity contribution in [3.8, 4) is 67.8 Å². The lowest BCUT2D eigenvalue weighted by Crippen LogP contribution is -2.07. The van der Waals surface area contributed by atoms with Crippen LogP contribution in [0.4, 0.5) is 22.7 Å². The maximum Gasteiger partial charge on any atom is 0.227 e. The standard InChI is InChI=1S/C20H12ClN7O.C19H13ClN6O.C19H10N6OS.C18H11ClN6O/c1-10-16(22-2)9-28(27-10)20-13(7-14-17(29)3-4-23-19(14)25-20)11-5-12-8-24-26-18(12)15(21)6-11;1-10-6-12(7-17(20)23-10)13-8-14-16(27)4-5-22-18(14)24-19(13)26-9-15(21-3)11(2)25-26;1-20-12-8-23-25(9-12)19-13(7-14-16(26)4-5-21-18(14)24-19)11-2-3-15-17(6-11)27-10-22-15;1-10-5-11(6-16(19)23-10)13-7-14-15(26)3-4-21-17(14)24-18(13)25-9-12(20-2)8-22-25/h3-9H,1H3,(H,24,26)(H,23,25,29);4-9H,1-2H3,(H,22,24,27);2-10H,(H,21,24,26);3-9H,1H3,(H,21,24,26). The zero-order valence-corrected chi connectivity index (χ0v) is 59.9. The van der Waals surface area contributed by atoms with E-state index in [1.807, 2.05) is 56.3 Å². The van der Waals surface area contributed by atoms with Crippen molar-refractivity contribution < 1.29 is 0 Å². The van der Waals surface area contributed by atoms with Crippen LogP contribution in [-0.2, 0) is 0 Å². The number of H-pyrrole nitrogens is 5. The number of aromatic nitrogens is 21. The number of benzene rings is 2. The van der Waals surface area contributed by atoms with Crippen molar-refractivity contribution in [1.29, 1.82) is 0 Å². The summed E-state index contributed by atoms with van der Waals surface area (Å²) in [7, 11) is 0. The molecule has 33 heteroatoms. The van der Waals surface area contributed by atoms with E-state index in [9.17, 15) is 19.2 Å². The molecule has 0 bridgehead atoms. The first kappa shape index (κ1) is 69.9. The predicted octanol–water partition coefficient (Wildman–Crippen LogP) is 15.8. The number of fused-ring (bicyclic) bond motifs is 6. The highest BCUT2D eigenvalue weighted by Crippen LogP contribution is 2.38. The molecule has 0 amide bonds. The van der Waals surface area contributed by atoms with Crippen LogP contribution in [0.5, 0.6) is 0 Å². The Kier molecular flexibility index (Phi) is 18.6. The van der Waals surface area contributed by atoms with Gasteiger partial charge in [0.05, 0.1) is 104 Å². The molecule has 0 atom stereocenters. The van der Waals surface area contributed by atoms with E-state index < -0.39 is 0 Å². The van der Waals surface area contributed by atoms with Gasteiger partial charge >= 0.3 is 0 Å².